The minimum absolute atomic E-state index is 0.103. The molecule has 0 radical (unpaired) electrons. The summed E-state index contributed by atoms with van der Waals surface area (Å²) in [7, 11) is 0. The minimum atomic E-state index is 0.103. The zero-order valence-electron chi connectivity index (χ0n) is 4.62. The number of rotatable bonds is 2. The van der Waals surface area contributed by atoms with Crippen molar-refractivity contribution in [3.63, 3.8) is 0 Å². The van der Waals surface area contributed by atoms with Gasteiger partial charge in [0.1, 0.15) is 0 Å². The highest BCUT2D eigenvalue weighted by atomic mass is 35.5. The Bertz CT molecular complexity index is 43.3. The summed E-state index contributed by atoms with van der Waals surface area (Å²) in [5, 5.41) is 0.244. The Kier molecular flexibility index (Phi) is 3.86. The second kappa shape index (κ2) is 3.57. The minimum Gasteiger partial charge on any atom is -0.122 e. The van der Waals surface area contributed by atoms with E-state index in [1.807, 2.05) is 13.8 Å². The zero-order chi connectivity index (χ0) is 5.86. The summed E-state index contributed by atoms with van der Waals surface area (Å²) in [5.74, 6) is 0. The third-order valence-electron chi connectivity index (χ3n) is 0.888. The van der Waals surface area contributed by atoms with Crippen LogP contribution in [0.4, 0.5) is 0 Å². The molecule has 0 rings (SSSR count). The van der Waals surface area contributed by atoms with E-state index in [-0.39, 0.29) is 10.8 Å². The fraction of sp³-hybridized carbons (Fsp3) is 1.00. The van der Waals surface area contributed by atoms with Crippen molar-refractivity contribution >= 4 is 23.2 Å². The Balaban J connectivity index is 3.14. The highest BCUT2D eigenvalue weighted by Gasteiger charge is 2.06. The molecule has 0 fully saturated rings. The molecule has 0 N–H and O–H groups in total. The van der Waals surface area contributed by atoms with Crippen molar-refractivity contribution in [1.29, 1.82) is 0 Å². The Morgan fingerprint density at radius 3 is 1.86 bits per heavy atom. The average Bonchev–Trinajstić information content (AvgIpc) is 1.65. The van der Waals surface area contributed by atoms with Crippen molar-refractivity contribution < 1.29 is 0 Å². The monoisotopic (exact) mass is 140 g/mol. The molecule has 0 heterocycles. The van der Waals surface area contributed by atoms with Gasteiger partial charge in [-0.25, -0.2) is 0 Å². The number of alkyl halides is 2. The number of halogens is 2. The molecule has 0 aliphatic carbocycles. The molecule has 0 bridgehead atoms. The van der Waals surface area contributed by atoms with Gasteiger partial charge in [-0.3, -0.25) is 0 Å². The first kappa shape index (κ1) is 7.58. The molecule has 0 aromatic heterocycles. The normalized spacial score (nSPS) is 18.9. The Labute approximate surface area is 54.8 Å². The Morgan fingerprint density at radius 1 is 1.43 bits per heavy atom. The summed E-state index contributed by atoms with van der Waals surface area (Å²) in [5.41, 5.74) is 0. The molecule has 0 spiro atoms. The van der Waals surface area contributed by atoms with Crippen molar-refractivity contribution in [2.24, 2.45) is 0 Å². The van der Waals surface area contributed by atoms with Crippen molar-refractivity contribution in [2.45, 2.75) is 31.0 Å². The van der Waals surface area contributed by atoms with E-state index in [4.69, 9.17) is 23.2 Å². The molecular weight excluding hydrogens is 131 g/mol. The maximum atomic E-state index is 5.67. The third kappa shape index (κ3) is 3.19. The van der Waals surface area contributed by atoms with E-state index in [0.29, 0.717) is 0 Å². The van der Waals surface area contributed by atoms with E-state index in [2.05, 4.69) is 0 Å². The molecule has 0 aliphatic rings. The summed E-state index contributed by atoms with van der Waals surface area (Å²) >= 11 is 11.3. The lowest BCUT2D eigenvalue weighted by Crippen LogP contribution is -2.08. The second-order valence-electron chi connectivity index (χ2n) is 1.60. The smallest absolute Gasteiger partial charge is 0.0494 e. The van der Waals surface area contributed by atoms with Crippen LogP contribution in [0.5, 0.6) is 0 Å². The molecule has 7 heavy (non-hydrogen) atoms. The highest BCUT2D eigenvalue weighted by molar-refractivity contribution is 6.29. The first-order valence-electron chi connectivity index (χ1n) is 2.46. The van der Waals surface area contributed by atoms with E-state index in [9.17, 15) is 0 Å². The van der Waals surface area contributed by atoms with E-state index in [1.165, 1.54) is 0 Å². The molecule has 2 heteroatoms. The van der Waals surface area contributed by atoms with Crippen LogP contribution in [0.3, 0.4) is 0 Å². The van der Waals surface area contributed by atoms with Gasteiger partial charge in [0.2, 0.25) is 0 Å². The van der Waals surface area contributed by atoms with Crippen molar-refractivity contribution in [2.75, 3.05) is 0 Å². The molecule has 0 aromatic rings. The van der Waals surface area contributed by atoms with Crippen molar-refractivity contribution in [3.8, 4) is 0 Å². The molecule has 0 amide bonds. The van der Waals surface area contributed by atoms with Gasteiger partial charge in [-0.15, -0.1) is 23.2 Å². The summed E-state index contributed by atoms with van der Waals surface area (Å²) in [6, 6.07) is 0. The Hall–Kier alpha value is 0.580. The van der Waals surface area contributed by atoms with Gasteiger partial charge in [0.25, 0.3) is 0 Å². The van der Waals surface area contributed by atoms with E-state index >= 15 is 0 Å². The number of hydrogen-bond donors (Lipinski definition) is 0. The lowest BCUT2D eigenvalue weighted by atomic mass is 10.3. The van der Waals surface area contributed by atoms with Gasteiger partial charge >= 0.3 is 0 Å². The lowest BCUT2D eigenvalue weighted by molar-refractivity contribution is 0.790. The lowest BCUT2D eigenvalue weighted by Gasteiger charge is -2.05. The van der Waals surface area contributed by atoms with Crippen LogP contribution in [0.2, 0.25) is 0 Å². The first-order valence-corrected chi connectivity index (χ1v) is 3.34. The predicted molar refractivity (Wildman–Crippen MR) is 35.2 cm³/mol. The van der Waals surface area contributed by atoms with E-state index < -0.39 is 0 Å². The summed E-state index contributed by atoms with van der Waals surface area (Å²) in [4.78, 5) is 0. The predicted octanol–water partition coefficient (Wildman–Crippen LogP) is 2.63. The van der Waals surface area contributed by atoms with Crippen molar-refractivity contribution in [3.05, 3.63) is 0 Å². The van der Waals surface area contributed by atoms with Crippen LogP contribution in [-0.2, 0) is 0 Å². The first-order chi connectivity index (χ1) is 3.18. The molecule has 0 unspecified atom stereocenters. The van der Waals surface area contributed by atoms with Crippen LogP contribution in [-0.4, -0.2) is 10.8 Å². The highest BCUT2D eigenvalue weighted by Crippen LogP contribution is 2.11. The molecule has 0 saturated heterocycles. The molecule has 0 aliphatic heterocycles. The number of hydrogen-bond acceptors (Lipinski definition) is 0. The van der Waals surface area contributed by atoms with Gasteiger partial charge in [0.15, 0.2) is 0 Å². The van der Waals surface area contributed by atoms with Crippen LogP contribution < -0.4 is 0 Å². The topological polar surface area (TPSA) is 0 Å². The van der Waals surface area contributed by atoms with Crippen LogP contribution in [0.15, 0.2) is 0 Å². The van der Waals surface area contributed by atoms with Crippen LogP contribution in [0, 0.1) is 0 Å². The molecule has 44 valence electrons. The molecular formula is C5H10Cl2. The van der Waals surface area contributed by atoms with Gasteiger partial charge in [-0.05, 0) is 13.3 Å². The summed E-state index contributed by atoms with van der Waals surface area (Å²) < 4.78 is 0. The van der Waals surface area contributed by atoms with Gasteiger partial charge in [-0.1, -0.05) is 6.92 Å². The van der Waals surface area contributed by atoms with Crippen molar-refractivity contribution in [1.82, 2.24) is 0 Å². The van der Waals surface area contributed by atoms with Gasteiger partial charge in [0, 0.05) is 10.8 Å². The fourth-order valence-corrected chi connectivity index (χ4v) is 0.503. The standard InChI is InChI=1S/C5H10Cl2/c1-3-5(7)4(2)6/h4-5H,3H2,1-2H3/t4-,5+/m0/s1. The summed E-state index contributed by atoms with van der Waals surface area (Å²) in [6.45, 7) is 3.93. The van der Waals surface area contributed by atoms with Gasteiger partial charge < -0.3 is 0 Å². The summed E-state index contributed by atoms with van der Waals surface area (Å²) in [6.07, 6.45) is 0.951. The van der Waals surface area contributed by atoms with Crippen LogP contribution >= 0.6 is 23.2 Å². The fourth-order valence-electron chi connectivity index (χ4n) is 0.325. The zero-order valence-corrected chi connectivity index (χ0v) is 6.13. The molecule has 0 aromatic carbocycles. The molecule has 2 atom stereocenters. The molecule has 0 nitrogen and oxygen atoms in total. The average molecular weight is 141 g/mol. The van der Waals surface area contributed by atoms with Crippen LogP contribution in [0.25, 0.3) is 0 Å². The maximum absolute atomic E-state index is 5.67. The third-order valence-corrected chi connectivity index (χ3v) is 2.01. The van der Waals surface area contributed by atoms with Gasteiger partial charge in [-0.2, -0.15) is 0 Å². The van der Waals surface area contributed by atoms with Gasteiger partial charge in [0.05, 0.1) is 0 Å². The maximum Gasteiger partial charge on any atom is 0.0494 e. The SMILES string of the molecule is CC[C@@H](Cl)[C@H](C)Cl. The second-order valence-corrected chi connectivity index (χ2v) is 2.85. The Morgan fingerprint density at radius 2 is 1.86 bits per heavy atom. The molecule has 0 saturated carbocycles. The van der Waals surface area contributed by atoms with E-state index in [0.717, 1.165) is 6.42 Å². The van der Waals surface area contributed by atoms with E-state index in [1.54, 1.807) is 0 Å². The van der Waals surface area contributed by atoms with Crippen LogP contribution in [0.1, 0.15) is 20.3 Å². The largest absolute Gasteiger partial charge is 0.122 e. The quantitative estimate of drug-likeness (QED) is 0.518.